The molecule has 0 amide bonds. The number of hydrogen-bond acceptors (Lipinski definition) is 5. The van der Waals surface area contributed by atoms with Gasteiger partial charge in [0.2, 0.25) is 0 Å². The number of thiazole rings is 1. The first-order chi connectivity index (χ1) is 6.20. The smallest absolute Gasteiger partial charge is 0.349 e. The Labute approximate surface area is 80.7 Å². The molecule has 0 saturated carbocycles. The second kappa shape index (κ2) is 4.34. The normalized spacial score (nSPS) is 12.5. The third kappa shape index (κ3) is 2.05. The lowest BCUT2D eigenvalue weighted by molar-refractivity contribution is 0.0604. The molecule has 0 aliphatic heterocycles. The van der Waals surface area contributed by atoms with Crippen LogP contribution in [0.5, 0.6) is 0 Å². The summed E-state index contributed by atoms with van der Waals surface area (Å²) in [6, 6.07) is 0. The summed E-state index contributed by atoms with van der Waals surface area (Å²) in [4.78, 5) is 15.9. The number of nitrogens with zero attached hydrogens (tertiary/aromatic N) is 1. The van der Waals surface area contributed by atoms with E-state index in [1.54, 1.807) is 5.51 Å². The molecule has 1 unspecified atom stereocenters. The molecule has 2 N–H and O–H groups in total. The topological polar surface area (TPSA) is 65.2 Å². The van der Waals surface area contributed by atoms with Crippen LogP contribution in [0.4, 0.5) is 0 Å². The van der Waals surface area contributed by atoms with Crippen LogP contribution in [0.25, 0.3) is 0 Å². The second-order valence-electron chi connectivity index (χ2n) is 2.70. The van der Waals surface area contributed by atoms with Gasteiger partial charge in [-0.15, -0.1) is 11.3 Å². The molecule has 4 nitrogen and oxygen atoms in total. The van der Waals surface area contributed by atoms with Gasteiger partial charge in [-0.25, -0.2) is 9.78 Å². The number of ether oxygens (including phenoxy) is 1. The lowest BCUT2D eigenvalue weighted by Crippen LogP contribution is -2.13. The molecule has 0 radical (unpaired) electrons. The minimum absolute atomic E-state index is 0.0975. The molecule has 1 aromatic heterocycles. The fraction of sp³-hybridized carbons (Fsp3) is 0.500. The van der Waals surface area contributed by atoms with Crippen molar-refractivity contribution >= 4 is 17.3 Å². The van der Waals surface area contributed by atoms with Crippen LogP contribution in [0.3, 0.4) is 0 Å². The van der Waals surface area contributed by atoms with Gasteiger partial charge in [0, 0.05) is 12.5 Å². The standard InChI is InChI=1S/C8H12N2O2S/c1-5(3-9)6-7(8(11)12-2)13-4-10-6/h4-5H,3,9H2,1-2H3. The maximum atomic E-state index is 11.2. The first kappa shape index (κ1) is 10.1. The van der Waals surface area contributed by atoms with Crippen LogP contribution in [0.1, 0.15) is 28.2 Å². The second-order valence-corrected chi connectivity index (χ2v) is 3.55. The third-order valence-electron chi connectivity index (χ3n) is 1.79. The summed E-state index contributed by atoms with van der Waals surface area (Å²) >= 11 is 1.28. The third-order valence-corrected chi connectivity index (χ3v) is 2.61. The predicted molar refractivity (Wildman–Crippen MR) is 50.9 cm³/mol. The average molecular weight is 200 g/mol. The molecule has 1 heterocycles. The summed E-state index contributed by atoms with van der Waals surface area (Å²) in [6.07, 6.45) is 0. The van der Waals surface area contributed by atoms with Crippen molar-refractivity contribution in [2.45, 2.75) is 12.8 Å². The number of methoxy groups -OCH3 is 1. The van der Waals surface area contributed by atoms with Gasteiger partial charge in [0.1, 0.15) is 4.88 Å². The van der Waals surface area contributed by atoms with Crippen molar-refractivity contribution in [1.82, 2.24) is 4.98 Å². The maximum Gasteiger partial charge on any atom is 0.349 e. The van der Waals surface area contributed by atoms with Crippen LogP contribution in [-0.4, -0.2) is 24.6 Å². The van der Waals surface area contributed by atoms with Crippen LogP contribution in [-0.2, 0) is 4.74 Å². The van der Waals surface area contributed by atoms with E-state index in [9.17, 15) is 4.79 Å². The van der Waals surface area contributed by atoms with Crippen molar-refractivity contribution in [2.24, 2.45) is 5.73 Å². The van der Waals surface area contributed by atoms with Crippen molar-refractivity contribution in [3.05, 3.63) is 16.1 Å². The van der Waals surface area contributed by atoms with Crippen LogP contribution in [0, 0.1) is 0 Å². The molecule has 1 atom stereocenters. The zero-order valence-electron chi connectivity index (χ0n) is 7.61. The summed E-state index contributed by atoms with van der Waals surface area (Å²) in [5.41, 5.74) is 7.85. The number of nitrogens with two attached hydrogens (primary N) is 1. The van der Waals surface area contributed by atoms with E-state index in [0.29, 0.717) is 11.4 Å². The highest BCUT2D eigenvalue weighted by Gasteiger charge is 2.18. The SMILES string of the molecule is COC(=O)c1scnc1C(C)CN. The van der Waals surface area contributed by atoms with E-state index in [2.05, 4.69) is 9.72 Å². The minimum Gasteiger partial charge on any atom is -0.465 e. The number of carbonyl (C=O) groups excluding carboxylic acids is 1. The molecule has 0 bridgehead atoms. The van der Waals surface area contributed by atoms with Crippen molar-refractivity contribution in [3.63, 3.8) is 0 Å². The fourth-order valence-electron chi connectivity index (χ4n) is 0.963. The van der Waals surface area contributed by atoms with E-state index >= 15 is 0 Å². The van der Waals surface area contributed by atoms with Gasteiger partial charge in [0.25, 0.3) is 0 Å². The van der Waals surface area contributed by atoms with Crippen molar-refractivity contribution in [2.75, 3.05) is 13.7 Å². The first-order valence-corrected chi connectivity index (χ1v) is 4.80. The molecule has 1 rings (SSSR count). The molecule has 0 aliphatic carbocycles. The molecular formula is C8H12N2O2S. The Morgan fingerprint density at radius 1 is 1.85 bits per heavy atom. The molecule has 0 saturated heterocycles. The van der Waals surface area contributed by atoms with Gasteiger partial charge in [0.15, 0.2) is 0 Å². The van der Waals surface area contributed by atoms with Crippen LogP contribution in [0.2, 0.25) is 0 Å². The van der Waals surface area contributed by atoms with Crippen molar-refractivity contribution in [1.29, 1.82) is 0 Å². The lowest BCUT2D eigenvalue weighted by Gasteiger charge is -2.06. The Morgan fingerprint density at radius 3 is 3.08 bits per heavy atom. The fourth-order valence-corrected chi connectivity index (χ4v) is 1.79. The number of aromatic nitrogens is 1. The molecule has 13 heavy (non-hydrogen) atoms. The van der Waals surface area contributed by atoms with E-state index in [1.807, 2.05) is 6.92 Å². The van der Waals surface area contributed by atoms with Gasteiger partial charge in [-0.1, -0.05) is 6.92 Å². The molecule has 0 fully saturated rings. The van der Waals surface area contributed by atoms with E-state index in [4.69, 9.17) is 5.73 Å². The van der Waals surface area contributed by atoms with Gasteiger partial charge in [-0.3, -0.25) is 0 Å². The van der Waals surface area contributed by atoms with Gasteiger partial charge in [0.05, 0.1) is 18.3 Å². The molecule has 0 spiro atoms. The van der Waals surface area contributed by atoms with Crippen LogP contribution >= 0.6 is 11.3 Å². The average Bonchev–Trinajstić information content (AvgIpc) is 2.63. The monoisotopic (exact) mass is 200 g/mol. The highest BCUT2D eigenvalue weighted by molar-refractivity contribution is 7.11. The summed E-state index contributed by atoms with van der Waals surface area (Å²) in [5.74, 6) is -0.238. The number of rotatable bonds is 3. The zero-order chi connectivity index (χ0) is 9.84. The first-order valence-electron chi connectivity index (χ1n) is 3.92. The lowest BCUT2D eigenvalue weighted by atomic mass is 10.1. The van der Waals surface area contributed by atoms with E-state index in [0.717, 1.165) is 5.69 Å². The zero-order valence-corrected chi connectivity index (χ0v) is 8.43. The highest BCUT2D eigenvalue weighted by atomic mass is 32.1. The van der Waals surface area contributed by atoms with Crippen molar-refractivity contribution < 1.29 is 9.53 Å². The van der Waals surface area contributed by atoms with E-state index in [1.165, 1.54) is 18.4 Å². The number of esters is 1. The Kier molecular flexibility index (Phi) is 3.39. The Hall–Kier alpha value is -0.940. The van der Waals surface area contributed by atoms with E-state index in [-0.39, 0.29) is 11.9 Å². The highest BCUT2D eigenvalue weighted by Crippen LogP contribution is 2.21. The van der Waals surface area contributed by atoms with Crippen molar-refractivity contribution in [3.8, 4) is 0 Å². The van der Waals surface area contributed by atoms with Gasteiger partial charge in [-0.05, 0) is 0 Å². The molecule has 1 aromatic rings. The van der Waals surface area contributed by atoms with Gasteiger partial charge in [-0.2, -0.15) is 0 Å². The number of carbonyl (C=O) groups is 1. The van der Waals surface area contributed by atoms with Gasteiger partial charge < -0.3 is 10.5 Å². The summed E-state index contributed by atoms with van der Waals surface area (Å²) in [5, 5.41) is 0. The van der Waals surface area contributed by atoms with Crippen LogP contribution in [0.15, 0.2) is 5.51 Å². The summed E-state index contributed by atoms with van der Waals surface area (Å²) in [7, 11) is 1.36. The molecule has 0 aliphatic rings. The quantitative estimate of drug-likeness (QED) is 0.739. The molecule has 0 aromatic carbocycles. The Balaban J connectivity index is 2.95. The summed E-state index contributed by atoms with van der Waals surface area (Å²) in [6.45, 7) is 2.41. The Morgan fingerprint density at radius 2 is 2.54 bits per heavy atom. The molecule has 72 valence electrons. The largest absolute Gasteiger partial charge is 0.465 e. The van der Waals surface area contributed by atoms with E-state index < -0.39 is 0 Å². The maximum absolute atomic E-state index is 11.2. The minimum atomic E-state index is -0.335. The number of hydrogen-bond donors (Lipinski definition) is 1. The van der Waals surface area contributed by atoms with Crippen LogP contribution < -0.4 is 5.73 Å². The molecule has 5 heteroatoms. The molecular weight excluding hydrogens is 188 g/mol. The predicted octanol–water partition coefficient (Wildman–Crippen LogP) is 0.992. The summed E-state index contributed by atoms with van der Waals surface area (Å²) < 4.78 is 4.62. The Bertz CT molecular complexity index is 298. The van der Waals surface area contributed by atoms with Gasteiger partial charge >= 0.3 is 5.97 Å².